The van der Waals surface area contributed by atoms with Crippen molar-refractivity contribution in [2.45, 2.75) is 39.7 Å². The van der Waals surface area contributed by atoms with E-state index in [-0.39, 0.29) is 5.91 Å². The molecule has 0 bridgehead atoms. The van der Waals surface area contributed by atoms with E-state index >= 15 is 0 Å². The minimum atomic E-state index is -0.449. The summed E-state index contributed by atoms with van der Waals surface area (Å²) in [6, 6.07) is 7.25. The van der Waals surface area contributed by atoms with Gasteiger partial charge in [0, 0.05) is 6.54 Å². The van der Waals surface area contributed by atoms with Crippen molar-refractivity contribution < 1.29 is 14.3 Å². The van der Waals surface area contributed by atoms with Crippen LogP contribution < -0.4 is 14.8 Å². The number of hydrogen-bond acceptors (Lipinski definition) is 3. The van der Waals surface area contributed by atoms with E-state index in [9.17, 15) is 4.79 Å². The molecule has 4 heteroatoms. The molecule has 0 aliphatic rings. The number of carbonyl (C=O) groups is 1. The Labute approximate surface area is 121 Å². The Morgan fingerprint density at radius 2 is 1.80 bits per heavy atom. The minimum Gasteiger partial charge on any atom is -0.497 e. The zero-order chi connectivity index (χ0) is 15.0. The smallest absolute Gasteiger partial charge is 0.261 e. The number of nitrogens with one attached hydrogen (secondary N) is 1. The second kappa shape index (κ2) is 8.46. The van der Waals surface area contributed by atoms with Gasteiger partial charge in [0.05, 0.1) is 7.11 Å². The summed E-state index contributed by atoms with van der Waals surface area (Å²) < 4.78 is 10.8. The average molecular weight is 279 g/mol. The lowest BCUT2D eigenvalue weighted by atomic mass is 10.1. The third-order valence-corrected chi connectivity index (χ3v) is 3.02. The maximum absolute atomic E-state index is 12.0. The lowest BCUT2D eigenvalue weighted by molar-refractivity contribution is -0.128. The number of methoxy groups -OCH3 is 1. The summed E-state index contributed by atoms with van der Waals surface area (Å²) in [5.74, 6) is 1.98. The molecular formula is C16H25NO3. The third-order valence-electron chi connectivity index (χ3n) is 3.02. The second-order valence-electron chi connectivity index (χ2n) is 5.16. The van der Waals surface area contributed by atoms with Crippen LogP contribution >= 0.6 is 0 Å². The van der Waals surface area contributed by atoms with Gasteiger partial charge in [0.15, 0.2) is 6.10 Å². The molecule has 1 unspecified atom stereocenters. The van der Waals surface area contributed by atoms with Crippen LogP contribution in [0.25, 0.3) is 0 Å². The van der Waals surface area contributed by atoms with Crippen LogP contribution in [-0.4, -0.2) is 25.7 Å². The number of benzene rings is 1. The normalized spacial score (nSPS) is 12.1. The first-order valence-electron chi connectivity index (χ1n) is 7.15. The van der Waals surface area contributed by atoms with Gasteiger partial charge in [-0.2, -0.15) is 0 Å². The van der Waals surface area contributed by atoms with Gasteiger partial charge in [0.25, 0.3) is 5.91 Å². The van der Waals surface area contributed by atoms with Gasteiger partial charge in [0.2, 0.25) is 0 Å². The quantitative estimate of drug-likeness (QED) is 0.795. The Balaban J connectivity index is 2.50. The molecule has 0 spiro atoms. The van der Waals surface area contributed by atoms with Crippen molar-refractivity contribution in [3.05, 3.63) is 24.3 Å². The highest BCUT2D eigenvalue weighted by atomic mass is 16.5. The maximum Gasteiger partial charge on any atom is 0.261 e. The molecule has 1 rings (SSSR count). The van der Waals surface area contributed by atoms with Gasteiger partial charge < -0.3 is 14.8 Å². The van der Waals surface area contributed by atoms with Crippen LogP contribution in [0.1, 0.15) is 33.6 Å². The van der Waals surface area contributed by atoms with Crippen molar-refractivity contribution in [1.29, 1.82) is 0 Å². The molecule has 0 heterocycles. The Hall–Kier alpha value is -1.71. The second-order valence-corrected chi connectivity index (χ2v) is 5.16. The first-order chi connectivity index (χ1) is 9.56. The lowest BCUT2D eigenvalue weighted by Crippen LogP contribution is -2.38. The van der Waals surface area contributed by atoms with Crippen LogP contribution in [0.3, 0.4) is 0 Å². The molecule has 0 saturated heterocycles. The highest BCUT2D eigenvalue weighted by Gasteiger charge is 2.17. The average Bonchev–Trinajstić information content (AvgIpc) is 2.44. The van der Waals surface area contributed by atoms with Gasteiger partial charge in [-0.05, 0) is 43.0 Å². The fourth-order valence-electron chi connectivity index (χ4n) is 1.74. The molecule has 4 nitrogen and oxygen atoms in total. The van der Waals surface area contributed by atoms with Crippen LogP contribution in [0.2, 0.25) is 0 Å². The Morgan fingerprint density at radius 1 is 1.20 bits per heavy atom. The van der Waals surface area contributed by atoms with E-state index < -0.39 is 6.10 Å². The monoisotopic (exact) mass is 279 g/mol. The van der Waals surface area contributed by atoms with E-state index in [2.05, 4.69) is 19.2 Å². The van der Waals surface area contributed by atoms with E-state index in [1.807, 2.05) is 31.2 Å². The largest absolute Gasteiger partial charge is 0.497 e. The first-order valence-corrected chi connectivity index (χ1v) is 7.15. The van der Waals surface area contributed by atoms with Crippen LogP contribution in [-0.2, 0) is 4.79 Å². The van der Waals surface area contributed by atoms with Crippen molar-refractivity contribution in [2.75, 3.05) is 13.7 Å². The molecule has 1 aromatic carbocycles. The van der Waals surface area contributed by atoms with Crippen molar-refractivity contribution in [3.8, 4) is 11.5 Å². The molecule has 1 aromatic rings. The van der Waals surface area contributed by atoms with E-state index in [1.165, 1.54) is 0 Å². The van der Waals surface area contributed by atoms with E-state index in [0.717, 1.165) is 12.2 Å². The van der Waals surface area contributed by atoms with Crippen molar-refractivity contribution in [1.82, 2.24) is 5.32 Å². The molecule has 20 heavy (non-hydrogen) atoms. The molecule has 0 fully saturated rings. The van der Waals surface area contributed by atoms with Gasteiger partial charge in [-0.25, -0.2) is 0 Å². The van der Waals surface area contributed by atoms with Crippen molar-refractivity contribution >= 4 is 5.91 Å². The van der Waals surface area contributed by atoms with E-state index in [0.29, 0.717) is 24.6 Å². The predicted molar refractivity (Wildman–Crippen MR) is 80.2 cm³/mol. The molecule has 0 aromatic heterocycles. The number of hydrogen-bond donors (Lipinski definition) is 1. The highest BCUT2D eigenvalue weighted by molar-refractivity contribution is 5.81. The summed E-state index contributed by atoms with van der Waals surface area (Å²) in [7, 11) is 1.62. The Bertz CT molecular complexity index is 401. The molecule has 1 atom stereocenters. The zero-order valence-electron chi connectivity index (χ0n) is 12.8. The van der Waals surface area contributed by atoms with Crippen LogP contribution in [0.15, 0.2) is 24.3 Å². The molecule has 0 saturated carbocycles. The fourth-order valence-corrected chi connectivity index (χ4v) is 1.74. The lowest BCUT2D eigenvalue weighted by Gasteiger charge is -2.17. The topological polar surface area (TPSA) is 47.6 Å². The van der Waals surface area contributed by atoms with E-state index in [1.54, 1.807) is 7.11 Å². The summed E-state index contributed by atoms with van der Waals surface area (Å²) in [5.41, 5.74) is 0. The van der Waals surface area contributed by atoms with Gasteiger partial charge >= 0.3 is 0 Å². The molecule has 0 aliphatic heterocycles. The van der Waals surface area contributed by atoms with Gasteiger partial charge in [-0.3, -0.25) is 4.79 Å². The summed E-state index contributed by atoms with van der Waals surface area (Å²) in [6.45, 7) is 6.91. The Morgan fingerprint density at radius 3 is 2.30 bits per heavy atom. The number of carbonyl (C=O) groups excluding carboxylic acids is 1. The molecule has 112 valence electrons. The highest BCUT2D eigenvalue weighted by Crippen LogP contribution is 2.18. The van der Waals surface area contributed by atoms with Gasteiger partial charge in [-0.1, -0.05) is 20.8 Å². The fraction of sp³-hybridized carbons (Fsp3) is 0.562. The molecule has 1 N–H and O–H groups in total. The SMILES string of the molecule is CCC(Oc1ccc(OC)cc1)C(=O)NCCC(C)C. The van der Waals surface area contributed by atoms with E-state index in [4.69, 9.17) is 9.47 Å². The van der Waals surface area contributed by atoms with Gasteiger partial charge in [-0.15, -0.1) is 0 Å². The number of amides is 1. The first kappa shape index (κ1) is 16.3. The summed E-state index contributed by atoms with van der Waals surface area (Å²) >= 11 is 0. The summed E-state index contributed by atoms with van der Waals surface area (Å²) in [4.78, 5) is 12.0. The molecular weight excluding hydrogens is 254 g/mol. The standard InChI is InChI=1S/C16H25NO3/c1-5-15(16(18)17-11-10-12(2)3)20-14-8-6-13(19-4)7-9-14/h6-9,12,15H,5,10-11H2,1-4H3,(H,17,18). The molecule has 1 amide bonds. The molecule has 0 aliphatic carbocycles. The predicted octanol–water partition coefficient (Wildman–Crippen LogP) is 3.01. The maximum atomic E-state index is 12.0. The summed E-state index contributed by atoms with van der Waals surface area (Å²) in [5, 5.41) is 2.92. The van der Waals surface area contributed by atoms with Crippen molar-refractivity contribution in [2.24, 2.45) is 5.92 Å². The zero-order valence-corrected chi connectivity index (χ0v) is 12.8. The third kappa shape index (κ3) is 5.51. The summed E-state index contributed by atoms with van der Waals surface area (Å²) in [6.07, 6.45) is 1.17. The van der Waals surface area contributed by atoms with Gasteiger partial charge in [0.1, 0.15) is 11.5 Å². The van der Waals surface area contributed by atoms with Crippen LogP contribution in [0.4, 0.5) is 0 Å². The number of ether oxygens (including phenoxy) is 2. The Kier molecular flexibility index (Phi) is 6.91. The number of rotatable bonds is 8. The van der Waals surface area contributed by atoms with Crippen LogP contribution in [0, 0.1) is 5.92 Å². The van der Waals surface area contributed by atoms with Crippen molar-refractivity contribution in [3.63, 3.8) is 0 Å². The minimum absolute atomic E-state index is 0.0519. The van der Waals surface area contributed by atoms with Crippen LogP contribution in [0.5, 0.6) is 11.5 Å². The molecule has 0 radical (unpaired) electrons.